The van der Waals surface area contributed by atoms with E-state index in [2.05, 4.69) is 14.9 Å². The summed E-state index contributed by atoms with van der Waals surface area (Å²) in [4.78, 5) is 30.9. The molecule has 1 saturated heterocycles. The minimum Gasteiger partial charge on any atom is -0.508 e. The zero-order valence-corrected chi connectivity index (χ0v) is 21.3. The smallest absolute Gasteiger partial charge is 0.351 e. The Morgan fingerprint density at radius 3 is 1.92 bits per heavy atom. The molecule has 1 aliphatic rings. The molecule has 0 amide bonds. The molecular formula is C28H28ClN5O3. The third kappa shape index (κ3) is 5.11. The lowest BCUT2D eigenvalue weighted by Crippen LogP contribution is -2.46. The fourth-order valence-electron chi connectivity index (χ4n) is 4.69. The van der Waals surface area contributed by atoms with Crippen LogP contribution in [0.15, 0.2) is 83.9 Å². The van der Waals surface area contributed by atoms with E-state index in [1.165, 1.54) is 15.6 Å². The number of nitrogens with zero attached hydrogens (tertiary/aromatic N) is 5. The maximum Gasteiger partial charge on any atom is 0.351 e. The third-order valence-electron chi connectivity index (χ3n) is 6.79. The van der Waals surface area contributed by atoms with Crippen molar-refractivity contribution in [1.82, 2.24) is 14.3 Å². The van der Waals surface area contributed by atoms with E-state index in [1.807, 2.05) is 43.3 Å². The van der Waals surface area contributed by atoms with Crippen LogP contribution >= 0.6 is 11.6 Å². The van der Waals surface area contributed by atoms with Gasteiger partial charge < -0.3 is 14.9 Å². The number of rotatable bonds is 7. The fourth-order valence-corrected chi connectivity index (χ4v) is 4.82. The number of phenolic OH excluding ortho intramolecular Hbond substituents is 1. The van der Waals surface area contributed by atoms with Crippen molar-refractivity contribution < 1.29 is 9.90 Å². The maximum absolute atomic E-state index is 13.2. The molecule has 1 fully saturated rings. The van der Waals surface area contributed by atoms with Crippen molar-refractivity contribution in [1.29, 1.82) is 0 Å². The molecule has 0 bridgehead atoms. The highest BCUT2D eigenvalue weighted by molar-refractivity contribution is 6.30. The Morgan fingerprint density at radius 2 is 1.38 bits per heavy atom. The summed E-state index contributed by atoms with van der Waals surface area (Å²) in [5.41, 5.74) is 3.01. The van der Waals surface area contributed by atoms with E-state index in [4.69, 9.17) is 11.6 Å². The Kier molecular flexibility index (Phi) is 7.01. The van der Waals surface area contributed by atoms with Crippen LogP contribution in [0.3, 0.4) is 0 Å². The lowest BCUT2D eigenvalue weighted by Gasteiger charge is -2.37. The Hall–Kier alpha value is -4.04. The second kappa shape index (κ2) is 10.5. The molecule has 190 valence electrons. The molecule has 8 nitrogen and oxygen atoms in total. The van der Waals surface area contributed by atoms with E-state index in [9.17, 15) is 14.7 Å². The number of piperazine rings is 1. The van der Waals surface area contributed by atoms with Gasteiger partial charge in [-0.2, -0.15) is 5.10 Å². The third-order valence-corrected chi connectivity index (χ3v) is 7.05. The van der Waals surface area contributed by atoms with Gasteiger partial charge in [-0.15, -0.1) is 0 Å². The van der Waals surface area contributed by atoms with Gasteiger partial charge in [0.1, 0.15) is 18.1 Å². The minimum atomic E-state index is -0.695. The van der Waals surface area contributed by atoms with Crippen LogP contribution in [-0.2, 0) is 0 Å². The summed E-state index contributed by atoms with van der Waals surface area (Å²) < 4.78 is 2.72. The van der Waals surface area contributed by atoms with Gasteiger partial charge in [0.2, 0.25) is 0 Å². The second-order valence-electron chi connectivity index (χ2n) is 9.03. The highest BCUT2D eigenvalue weighted by atomic mass is 35.5. The number of aromatic hydroxyl groups is 1. The predicted octanol–water partition coefficient (Wildman–Crippen LogP) is 4.55. The number of anilines is 2. The maximum atomic E-state index is 13.2. The first-order valence-corrected chi connectivity index (χ1v) is 12.7. The highest BCUT2D eigenvalue weighted by Gasteiger charge is 2.24. The summed E-state index contributed by atoms with van der Waals surface area (Å²) >= 11 is 5.95. The summed E-state index contributed by atoms with van der Waals surface area (Å²) in [6.07, 6.45) is 1.90. The van der Waals surface area contributed by atoms with Crippen LogP contribution < -0.4 is 15.5 Å². The average molecular weight is 518 g/mol. The summed E-state index contributed by atoms with van der Waals surface area (Å²) in [7, 11) is 0. The molecule has 4 aromatic rings. The topological polar surface area (TPSA) is 83.6 Å². The molecule has 0 aliphatic carbocycles. The molecule has 0 spiro atoms. The average Bonchev–Trinajstić information content (AvgIpc) is 3.31. The monoisotopic (exact) mass is 517 g/mol. The Morgan fingerprint density at radius 1 is 0.865 bits per heavy atom. The molecule has 3 aromatic carbocycles. The number of phenols is 1. The first kappa shape index (κ1) is 24.6. The van der Waals surface area contributed by atoms with Crippen molar-refractivity contribution in [2.24, 2.45) is 0 Å². The van der Waals surface area contributed by atoms with Crippen LogP contribution in [0.5, 0.6) is 5.75 Å². The van der Waals surface area contributed by atoms with Gasteiger partial charge in [-0.25, -0.2) is 14.0 Å². The Balaban J connectivity index is 1.28. The Bertz CT molecular complexity index is 1420. The molecule has 1 N–H and O–H groups in total. The van der Waals surface area contributed by atoms with E-state index in [-0.39, 0.29) is 17.2 Å². The Labute approximate surface area is 219 Å². The molecule has 1 aromatic heterocycles. The number of hydrogen-bond acceptors (Lipinski definition) is 6. The van der Waals surface area contributed by atoms with Gasteiger partial charge >= 0.3 is 5.69 Å². The molecule has 0 radical (unpaired) electrons. The summed E-state index contributed by atoms with van der Waals surface area (Å²) in [6.45, 7) is 5.34. The van der Waals surface area contributed by atoms with Crippen LogP contribution in [0, 0.1) is 0 Å². The number of Topliss-reactive ketones (excluding diaryl/α,β-unsaturated/α-hetero) is 1. The zero-order valence-electron chi connectivity index (χ0n) is 20.5. The van der Waals surface area contributed by atoms with E-state index in [0.717, 1.165) is 37.6 Å². The normalized spacial score (nSPS) is 14.5. The number of halogens is 1. The lowest BCUT2D eigenvalue weighted by atomic mass is 10.0. The second-order valence-corrected chi connectivity index (χ2v) is 9.47. The van der Waals surface area contributed by atoms with Gasteiger partial charge in [-0.05, 0) is 79.2 Å². The molecule has 5 rings (SSSR count). The van der Waals surface area contributed by atoms with Gasteiger partial charge in [-0.1, -0.05) is 18.5 Å². The van der Waals surface area contributed by atoms with E-state index < -0.39 is 6.04 Å². The van der Waals surface area contributed by atoms with Crippen molar-refractivity contribution in [2.75, 3.05) is 36.0 Å². The van der Waals surface area contributed by atoms with Crippen LogP contribution in [0.2, 0.25) is 5.02 Å². The molecule has 0 saturated carbocycles. The molecule has 1 aliphatic heterocycles. The number of aromatic nitrogens is 3. The van der Waals surface area contributed by atoms with Gasteiger partial charge in [0.25, 0.3) is 0 Å². The quantitative estimate of drug-likeness (QED) is 0.362. The van der Waals surface area contributed by atoms with E-state index in [0.29, 0.717) is 22.7 Å². The van der Waals surface area contributed by atoms with Crippen LogP contribution in [0.25, 0.3) is 5.69 Å². The fraction of sp³-hybridized carbons (Fsp3) is 0.250. The molecule has 9 heteroatoms. The number of ketones is 1. The molecule has 37 heavy (non-hydrogen) atoms. The van der Waals surface area contributed by atoms with Gasteiger partial charge in [-0.3, -0.25) is 4.79 Å². The molecule has 1 unspecified atom stereocenters. The van der Waals surface area contributed by atoms with E-state index >= 15 is 0 Å². The van der Waals surface area contributed by atoms with Gasteiger partial charge in [0, 0.05) is 48.1 Å². The van der Waals surface area contributed by atoms with Crippen molar-refractivity contribution in [3.63, 3.8) is 0 Å². The van der Waals surface area contributed by atoms with Gasteiger partial charge in [0.15, 0.2) is 5.78 Å². The van der Waals surface area contributed by atoms with Crippen LogP contribution in [0.4, 0.5) is 11.4 Å². The predicted molar refractivity (Wildman–Crippen MR) is 145 cm³/mol. The van der Waals surface area contributed by atoms with Crippen molar-refractivity contribution in [3.05, 3.63) is 100 Å². The van der Waals surface area contributed by atoms with Gasteiger partial charge in [0.05, 0.1) is 5.69 Å². The van der Waals surface area contributed by atoms with Crippen molar-refractivity contribution in [2.45, 2.75) is 19.4 Å². The largest absolute Gasteiger partial charge is 0.508 e. The van der Waals surface area contributed by atoms with Crippen LogP contribution in [-0.4, -0.2) is 51.4 Å². The first-order chi connectivity index (χ1) is 17.9. The zero-order chi connectivity index (χ0) is 25.9. The lowest BCUT2D eigenvalue weighted by molar-refractivity contribution is 0.0911. The molecule has 1 atom stereocenters. The molecular weight excluding hydrogens is 490 g/mol. The number of hydrogen-bond donors (Lipinski definition) is 1. The van der Waals surface area contributed by atoms with Crippen molar-refractivity contribution >= 4 is 28.8 Å². The SMILES string of the molecule is CCC(C(=O)c1ccc(Cl)cc1)n1ncn(-c2ccc(N3CCN(c4ccc(O)cc4)CC3)cc2)c1=O. The van der Waals surface area contributed by atoms with Crippen molar-refractivity contribution in [3.8, 4) is 11.4 Å². The summed E-state index contributed by atoms with van der Waals surface area (Å²) in [5, 5.41) is 14.3. The molecule has 2 heterocycles. The number of carbonyl (C=O) groups is 1. The van der Waals surface area contributed by atoms with E-state index in [1.54, 1.807) is 36.4 Å². The number of carbonyl (C=O) groups excluding carboxylic acids is 1. The minimum absolute atomic E-state index is 0.173. The standard InChI is InChI=1S/C28H28ClN5O3/c1-2-26(27(36)20-3-5-21(29)6-4-20)34-28(37)33(19-30-34)24-9-7-22(8-10-24)31-15-17-32(18-16-31)23-11-13-25(35)14-12-23/h3-14,19,26,35H,2,15-18H2,1H3. The van der Waals surface area contributed by atoms with Crippen LogP contribution in [0.1, 0.15) is 29.7 Å². The summed E-state index contributed by atoms with van der Waals surface area (Å²) in [5.74, 6) is 0.0961. The summed E-state index contributed by atoms with van der Waals surface area (Å²) in [6, 6.07) is 21.1. The first-order valence-electron chi connectivity index (χ1n) is 12.3. The number of benzene rings is 3. The highest BCUT2D eigenvalue weighted by Crippen LogP contribution is 2.24.